The van der Waals surface area contributed by atoms with Crippen molar-refractivity contribution in [2.45, 2.75) is 13.0 Å². The van der Waals surface area contributed by atoms with E-state index in [4.69, 9.17) is 16.3 Å². The van der Waals surface area contributed by atoms with Gasteiger partial charge in [0, 0.05) is 11.2 Å². The minimum absolute atomic E-state index is 0.268. The Morgan fingerprint density at radius 2 is 2.05 bits per heavy atom. The van der Waals surface area contributed by atoms with Crippen LogP contribution in [0.25, 0.3) is 0 Å². The number of aromatic amines is 1. The fourth-order valence-corrected chi connectivity index (χ4v) is 2.15. The molecule has 1 heterocycles. The highest BCUT2D eigenvalue weighted by atomic mass is 35.5. The molecule has 0 unspecified atom stereocenters. The molecule has 0 aliphatic rings. The minimum atomic E-state index is -0.569. The summed E-state index contributed by atoms with van der Waals surface area (Å²) < 4.78 is 4.90. The molecule has 2 N–H and O–H groups in total. The lowest BCUT2D eigenvalue weighted by atomic mass is 10.1. The van der Waals surface area contributed by atoms with Gasteiger partial charge in [-0.05, 0) is 30.7 Å². The molecule has 0 fully saturated rings. The van der Waals surface area contributed by atoms with Crippen molar-refractivity contribution < 1.29 is 14.3 Å². The first-order chi connectivity index (χ1) is 10.1. The molecular formula is C15H15ClN2O3. The van der Waals surface area contributed by atoms with Crippen molar-refractivity contribution in [3.05, 3.63) is 58.9 Å². The number of hydrogen-bond acceptors (Lipinski definition) is 3. The Morgan fingerprint density at radius 1 is 1.29 bits per heavy atom. The van der Waals surface area contributed by atoms with Gasteiger partial charge in [0.15, 0.2) is 6.61 Å². The van der Waals surface area contributed by atoms with Crippen molar-refractivity contribution >= 4 is 23.5 Å². The van der Waals surface area contributed by atoms with E-state index in [0.29, 0.717) is 10.7 Å². The highest BCUT2D eigenvalue weighted by molar-refractivity contribution is 6.31. The number of rotatable bonds is 5. The highest BCUT2D eigenvalue weighted by Crippen LogP contribution is 2.21. The first-order valence-electron chi connectivity index (χ1n) is 6.42. The first-order valence-corrected chi connectivity index (χ1v) is 6.80. The third-order valence-electron chi connectivity index (χ3n) is 2.90. The van der Waals surface area contributed by atoms with Crippen molar-refractivity contribution in [3.63, 3.8) is 0 Å². The molecule has 0 radical (unpaired) electrons. The smallest absolute Gasteiger partial charge is 0.355 e. The van der Waals surface area contributed by atoms with Crippen molar-refractivity contribution in [1.29, 1.82) is 0 Å². The van der Waals surface area contributed by atoms with Gasteiger partial charge in [-0.1, -0.05) is 29.8 Å². The number of hydrogen-bond donors (Lipinski definition) is 2. The summed E-state index contributed by atoms with van der Waals surface area (Å²) >= 11 is 6.06. The lowest BCUT2D eigenvalue weighted by Crippen LogP contribution is -2.31. The second kappa shape index (κ2) is 6.95. The third kappa shape index (κ3) is 4.10. The molecule has 1 atom stereocenters. The molecule has 0 aliphatic carbocycles. The number of benzene rings is 1. The summed E-state index contributed by atoms with van der Waals surface area (Å²) in [7, 11) is 0. The number of carbonyl (C=O) groups is 2. The summed E-state index contributed by atoms with van der Waals surface area (Å²) in [6.07, 6.45) is 1.61. The monoisotopic (exact) mass is 306 g/mol. The molecule has 0 spiro atoms. The van der Waals surface area contributed by atoms with Crippen LogP contribution in [0.2, 0.25) is 5.02 Å². The number of H-pyrrole nitrogens is 1. The zero-order valence-electron chi connectivity index (χ0n) is 11.4. The molecule has 0 saturated heterocycles. The first kappa shape index (κ1) is 15.1. The summed E-state index contributed by atoms with van der Waals surface area (Å²) in [5, 5.41) is 3.30. The van der Waals surface area contributed by atoms with E-state index in [1.54, 1.807) is 24.4 Å². The van der Waals surface area contributed by atoms with E-state index >= 15 is 0 Å². The molecule has 110 valence electrons. The number of nitrogens with one attached hydrogen (secondary N) is 2. The number of halogens is 1. The maximum absolute atomic E-state index is 11.8. The number of ether oxygens (including phenoxy) is 1. The van der Waals surface area contributed by atoms with Crippen LogP contribution in [0, 0.1) is 0 Å². The van der Waals surface area contributed by atoms with Gasteiger partial charge < -0.3 is 15.0 Å². The molecule has 2 rings (SSSR count). The molecule has 0 bridgehead atoms. The third-order valence-corrected chi connectivity index (χ3v) is 3.25. The predicted molar refractivity (Wildman–Crippen MR) is 79.1 cm³/mol. The molecule has 1 aromatic carbocycles. The Hall–Kier alpha value is -2.27. The Kier molecular flexibility index (Phi) is 5.00. The number of esters is 1. The maximum atomic E-state index is 11.8. The summed E-state index contributed by atoms with van der Waals surface area (Å²) in [5.41, 5.74) is 1.12. The fourth-order valence-electron chi connectivity index (χ4n) is 1.85. The Bertz CT molecular complexity index is 626. The predicted octanol–water partition coefficient (Wildman–Crippen LogP) is 2.70. The van der Waals surface area contributed by atoms with E-state index < -0.39 is 5.97 Å². The molecular weight excluding hydrogens is 292 g/mol. The van der Waals surface area contributed by atoms with Crippen LogP contribution >= 0.6 is 11.6 Å². The topological polar surface area (TPSA) is 71.2 Å². The van der Waals surface area contributed by atoms with Crippen LogP contribution in [-0.2, 0) is 9.53 Å². The van der Waals surface area contributed by atoms with E-state index in [1.165, 1.54) is 0 Å². The molecule has 1 amide bonds. The lowest BCUT2D eigenvalue weighted by molar-refractivity contribution is -0.124. The van der Waals surface area contributed by atoms with E-state index in [9.17, 15) is 9.59 Å². The van der Waals surface area contributed by atoms with Gasteiger partial charge in [-0.15, -0.1) is 0 Å². The second-order valence-corrected chi connectivity index (χ2v) is 4.88. The number of amides is 1. The second-order valence-electron chi connectivity index (χ2n) is 4.47. The van der Waals surface area contributed by atoms with E-state index in [1.807, 2.05) is 25.1 Å². The Labute approximate surface area is 127 Å². The van der Waals surface area contributed by atoms with Crippen LogP contribution in [0.3, 0.4) is 0 Å². The molecule has 2 aromatic rings. The van der Waals surface area contributed by atoms with Gasteiger partial charge in [0.25, 0.3) is 5.91 Å². The zero-order chi connectivity index (χ0) is 15.2. The maximum Gasteiger partial charge on any atom is 0.355 e. The van der Waals surface area contributed by atoms with Crippen molar-refractivity contribution in [2.75, 3.05) is 6.61 Å². The van der Waals surface area contributed by atoms with Gasteiger partial charge in [0.1, 0.15) is 5.69 Å². The zero-order valence-corrected chi connectivity index (χ0v) is 12.2. The summed E-state index contributed by atoms with van der Waals surface area (Å²) in [6, 6.07) is 10.2. The van der Waals surface area contributed by atoms with Crippen molar-refractivity contribution in [2.24, 2.45) is 0 Å². The Morgan fingerprint density at radius 3 is 2.71 bits per heavy atom. The summed E-state index contributed by atoms with van der Waals surface area (Å²) in [6.45, 7) is 1.47. The lowest BCUT2D eigenvalue weighted by Gasteiger charge is -2.15. The fraction of sp³-hybridized carbons (Fsp3) is 0.200. The largest absolute Gasteiger partial charge is 0.451 e. The van der Waals surface area contributed by atoms with Gasteiger partial charge in [-0.2, -0.15) is 0 Å². The van der Waals surface area contributed by atoms with Crippen LogP contribution in [0.4, 0.5) is 0 Å². The average molecular weight is 307 g/mol. The van der Waals surface area contributed by atoms with E-state index in [0.717, 1.165) is 5.56 Å². The molecule has 6 heteroatoms. The van der Waals surface area contributed by atoms with Crippen LogP contribution < -0.4 is 5.32 Å². The quantitative estimate of drug-likeness (QED) is 0.834. The van der Waals surface area contributed by atoms with Gasteiger partial charge in [0.2, 0.25) is 0 Å². The number of aromatic nitrogens is 1. The Balaban J connectivity index is 1.85. The summed E-state index contributed by atoms with van der Waals surface area (Å²) in [5.74, 6) is -0.956. The van der Waals surface area contributed by atoms with Gasteiger partial charge in [-0.25, -0.2) is 4.79 Å². The van der Waals surface area contributed by atoms with Crippen LogP contribution in [0.1, 0.15) is 29.0 Å². The molecule has 0 aliphatic heterocycles. The van der Waals surface area contributed by atoms with Gasteiger partial charge in [-0.3, -0.25) is 4.79 Å². The normalized spacial score (nSPS) is 11.7. The van der Waals surface area contributed by atoms with E-state index in [2.05, 4.69) is 10.3 Å². The molecule has 1 aromatic heterocycles. The molecule has 5 nitrogen and oxygen atoms in total. The van der Waals surface area contributed by atoms with Crippen LogP contribution in [0.5, 0.6) is 0 Å². The van der Waals surface area contributed by atoms with Crippen LogP contribution in [0.15, 0.2) is 42.6 Å². The standard InChI is InChI=1S/C15H15ClN2O3/c1-10(11-5-2-3-6-12(11)16)18-14(19)9-21-15(20)13-7-4-8-17-13/h2-8,10,17H,9H2,1H3,(H,18,19)/t10-/m0/s1. The summed E-state index contributed by atoms with van der Waals surface area (Å²) in [4.78, 5) is 26.0. The van der Waals surface area contributed by atoms with Crippen LogP contribution in [-0.4, -0.2) is 23.5 Å². The number of carbonyl (C=O) groups excluding carboxylic acids is 2. The highest BCUT2D eigenvalue weighted by Gasteiger charge is 2.14. The van der Waals surface area contributed by atoms with Crippen molar-refractivity contribution in [1.82, 2.24) is 10.3 Å². The average Bonchev–Trinajstić information content (AvgIpc) is 2.99. The SMILES string of the molecule is C[C@H](NC(=O)COC(=O)c1ccc[nH]1)c1ccccc1Cl. The van der Waals surface area contributed by atoms with Gasteiger partial charge in [0.05, 0.1) is 6.04 Å². The molecule has 0 saturated carbocycles. The van der Waals surface area contributed by atoms with Gasteiger partial charge >= 0.3 is 5.97 Å². The van der Waals surface area contributed by atoms with Crippen molar-refractivity contribution in [3.8, 4) is 0 Å². The molecule has 21 heavy (non-hydrogen) atoms. The van der Waals surface area contributed by atoms with E-state index in [-0.39, 0.29) is 18.6 Å². The minimum Gasteiger partial charge on any atom is -0.451 e.